The number of halogens is 2. The molecule has 0 N–H and O–H groups in total. The van der Waals surface area contributed by atoms with Crippen molar-refractivity contribution in [2.24, 2.45) is 0 Å². The predicted molar refractivity (Wildman–Crippen MR) is 66.6 cm³/mol. The summed E-state index contributed by atoms with van der Waals surface area (Å²) < 4.78 is 6.46. The van der Waals surface area contributed by atoms with Crippen molar-refractivity contribution in [3.05, 3.63) is 66.8 Å². The van der Waals surface area contributed by atoms with Crippen LogP contribution in [0.2, 0.25) is 4.22 Å². The smallest absolute Gasteiger partial charge is 1.00 e. The molecule has 0 unspecified atom stereocenters. The van der Waals surface area contributed by atoms with Crippen molar-refractivity contribution in [1.29, 1.82) is 0 Å². The maximum Gasteiger partial charge on any atom is -1.00 e. The monoisotopic (exact) mass is 326 g/mol. The second-order valence-electron chi connectivity index (χ2n) is 4.02. The molecule has 0 aliphatic heterocycles. The Labute approximate surface area is 135 Å². The average Bonchev–Trinajstić information content (AvgIpc) is 2.89. The molecule has 1 aliphatic rings. The van der Waals surface area contributed by atoms with Gasteiger partial charge in [-0.2, -0.15) is 0 Å². The van der Waals surface area contributed by atoms with Crippen LogP contribution in [0, 0.1) is 0 Å². The Morgan fingerprint density at radius 1 is 0.842 bits per heavy atom. The summed E-state index contributed by atoms with van der Waals surface area (Å²) in [4.78, 5) is 0. The molecule has 0 fully saturated rings. The van der Waals surface area contributed by atoms with Crippen molar-refractivity contribution >= 4 is 10.8 Å². The SMILES string of the molecule is C1=C[CH]([Ti+2][O]c2ccc3ccccc3c2)C=C1.[Cl-].[Cl-]. The maximum atomic E-state index is 5.92. The fraction of sp³-hybridized carbons (Fsp3) is 0.0667. The topological polar surface area (TPSA) is 9.23 Å². The Balaban J connectivity index is 0.000000902. The van der Waals surface area contributed by atoms with Crippen LogP contribution in [0.5, 0.6) is 5.75 Å². The quantitative estimate of drug-likeness (QED) is 0.601. The summed E-state index contributed by atoms with van der Waals surface area (Å²) in [5.41, 5.74) is 0. The molecular formula is C15H12Cl2OTi. The molecule has 0 heterocycles. The Morgan fingerprint density at radius 2 is 1.53 bits per heavy atom. The van der Waals surface area contributed by atoms with Crippen LogP contribution in [0.3, 0.4) is 0 Å². The zero-order chi connectivity index (χ0) is 11.5. The molecule has 4 heteroatoms. The summed E-state index contributed by atoms with van der Waals surface area (Å²) >= 11 is -0.424. The first-order valence-electron chi connectivity index (χ1n) is 5.68. The fourth-order valence-corrected chi connectivity index (χ4v) is 3.09. The molecular weight excluding hydrogens is 315 g/mol. The zero-order valence-corrected chi connectivity index (χ0v) is 13.2. The largest absolute Gasteiger partial charge is 1.00 e. The van der Waals surface area contributed by atoms with Gasteiger partial charge in [-0.3, -0.25) is 0 Å². The van der Waals surface area contributed by atoms with Gasteiger partial charge in [-0.15, -0.1) is 0 Å². The van der Waals surface area contributed by atoms with E-state index in [9.17, 15) is 0 Å². The first-order chi connectivity index (χ1) is 8.42. The number of benzene rings is 2. The van der Waals surface area contributed by atoms with E-state index in [0.29, 0.717) is 4.22 Å². The number of hydrogen-bond donors (Lipinski definition) is 0. The first kappa shape index (κ1) is 16.3. The summed E-state index contributed by atoms with van der Waals surface area (Å²) in [5, 5.41) is 2.51. The van der Waals surface area contributed by atoms with E-state index in [4.69, 9.17) is 3.32 Å². The number of hydrogen-bond acceptors (Lipinski definition) is 1. The minimum Gasteiger partial charge on any atom is -1.00 e. The molecule has 0 saturated heterocycles. The molecule has 0 spiro atoms. The van der Waals surface area contributed by atoms with E-state index in [-0.39, 0.29) is 24.8 Å². The normalized spacial score (nSPS) is 12.6. The molecule has 3 rings (SSSR count). The van der Waals surface area contributed by atoms with Crippen molar-refractivity contribution in [2.75, 3.05) is 0 Å². The molecule has 0 bridgehead atoms. The van der Waals surface area contributed by atoms with Crippen LogP contribution in [0.4, 0.5) is 0 Å². The molecule has 2 aromatic carbocycles. The van der Waals surface area contributed by atoms with Gasteiger partial charge >= 0.3 is 110 Å². The van der Waals surface area contributed by atoms with Crippen LogP contribution >= 0.6 is 0 Å². The van der Waals surface area contributed by atoms with E-state index in [1.165, 1.54) is 10.8 Å². The van der Waals surface area contributed by atoms with Gasteiger partial charge in [0.2, 0.25) is 0 Å². The Bertz CT molecular complexity index is 583. The van der Waals surface area contributed by atoms with Gasteiger partial charge in [-0.05, 0) is 0 Å². The third-order valence-corrected chi connectivity index (χ3v) is 4.36. The van der Waals surface area contributed by atoms with E-state index >= 15 is 0 Å². The molecule has 0 saturated carbocycles. The third kappa shape index (κ3) is 4.12. The third-order valence-electron chi connectivity index (χ3n) is 2.78. The Morgan fingerprint density at radius 3 is 2.26 bits per heavy atom. The number of fused-ring (bicyclic) bond motifs is 1. The van der Waals surface area contributed by atoms with E-state index in [2.05, 4.69) is 66.8 Å². The number of rotatable bonds is 3. The molecule has 0 radical (unpaired) electrons. The van der Waals surface area contributed by atoms with Crippen molar-refractivity contribution in [3.8, 4) is 5.75 Å². The van der Waals surface area contributed by atoms with Gasteiger partial charge in [-0.25, -0.2) is 0 Å². The summed E-state index contributed by atoms with van der Waals surface area (Å²) in [5.74, 6) is 0.998. The van der Waals surface area contributed by atoms with Crippen LogP contribution in [0.15, 0.2) is 66.8 Å². The minimum atomic E-state index is -0.424. The average molecular weight is 327 g/mol. The summed E-state index contributed by atoms with van der Waals surface area (Å²) in [6.07, 6.45) is 8.61. The van der Waals surface area contributed by atoms with Crippen LogP contribution in [0.1, 0.15) is 0 Å². The van der Waals surface area contributed by atoms with Gasteiger partial charge in [0.25, 0.3) is 0 Å². The zero-order valence-electron chi connectivity index (χ0n) is 10.1. The summed E-state index contributed by atoms with van der Waals surface area (Å²) in [7, 11) is 0. The van der Waals surface area contributed by atoms with Gasteiger partial charge in [0, 0.05) is 0 Å². The standard InChI is InChI=1S/C10H8O.C5H5.2ClH.Ti/c11-10-6-5-8-3-1-2-4-9(8)7-10;1-2-4-5-3-1;;;/h1-7,11H;1-5H;2*1H;/q;;;;+3/p-3. The van der Waals surface area contributed by atoms with E-state index in [1.807, 2.05) is 0 Å². The van der Waals surface area contributed by atoms with E-state index in [0.717, 1.165) is 5.75 Å². The van der Waals surface area contributed by atoms with Crippen molar-refractivity contribution < 1.29 is 47.7 Å². The molecule has 96 valence electrons. The molecule has 0 amide bonds. The van der Waals surface area contributed by atoms with Gasteiger partial charge in [0.15, 0.2) is 0 Å². The predicted octanol–water partition coefficient (Wildman–Crippen LogP) is -1.86. The second kappa shape index (κ2) is 7.76. The minimum absolute atomic E-state index is 0. The van der Waals surface area contributed by atoms with Gasteiger partial charge < -0.3 is 24.8 Å². The number of allylic oxidation sites excluding steroid dienone is 4. The van der Waals surface area contributed by atoms with Crippen molar-refractivity contribution in [2.45, 2.75) is 4.22 Å². The van der Waals surface area contributed by atoms with Crippen LogP contribution in [-0.4, -0.2) is 0 Å². The second-order valence-corrected chi connectivity index (χ2v) is 5.75. The molecule has 1 nitrogen and oxygen atoms in total. The molecule has 1 aliphatic carbocycles. The first-order valence-corrected chi connectivity index (χ1v) is 7.22. The van der Waals surface area contributed by atoms with Crippen molar-refractivity contribution in [3.63, 3.8) is 0 Å². The van der Waals surface area contributed by atoms with Gasteiger partial charge in [0.05, 0.1) is 0 Å². The van der Waals surface area contributed by atoms with Gasteiger partial charge in [0.1, 0.15) is 0 Å². The maximum absolute atomic E-state index is 5.92. The van der Waals surface area contributed by atoms with Crippen LogP contribution in [0.25, 0.3) is 10.8 Å². The van der Waals surface area contributed by atoms with E-state index < -0.39 is 19.5 Å². The Kier molecular flexibility index (Phi) is 6.67. The van der Waals surface area contributed by atoms with Crippen molar-refractivity contribution in [1.82, 2.24) is 0 Å². The molecule has 0 aromatic heterocycles. The van der Waals surface area contributed by atoms with Gasteiger partial charge in [-0.1, -0.05) is 0 Å². The summed E-state index contributed by atoms with van der Waals surface area (Å²) in [6, 6.07) is 14.7. The Hall–Kier alpha value is -0.726. The van der Waals surface area contributed by atoms with Crippen LogP contribution in [-0.2, 0) is 19.5 Å². The van der Waals surface area contributed by atoms with Crippen LogP contribution < -0.4 is 28.1 Å². The molecule has 0 atom stereocenters. The summed E-state index contributed by atoms with van der Waals surface area (Å²) in [6.45, 7) is 0. The van der Waals surface area contributed by atoms with E-state index in [1.54, 1.807) is 0 Å². The fourth-order valence-electron chi connectivity index (χ4n) is 1.88. The molecule has 2 aromatic rings. The molecule has 19 heavy (non-hydrogen) atoms.